The summed E-state index contributed by atoms with van der Waals surface area (Å²) >= 11 is 1.59. The maximum atomic E-state index is 13.4. The van der Waals surface area contributed by atoms with E-state index >= 15 is 0 Å². The van der Waals surface area contributed by atoms with E-state index in [2.05, 4.69) is 44.7 Å². The van der Waals surface area contributed by atoms with Gasteiger partial charge in [-0.25, -0.2) is 4.98 Å². The van der Waals surface area contributed by atoms with Gasteiger partial charge < -0.3 is 9.64 Å². The lowest BCUT2D eigenvalue weighted by molar-refractivity contribution is 0.0983. The standard InChI is InChI=1S/C23H29N3O2S/c1-6-25(7-2)12-13-26(22(27)18-8-10-19(28-5)11-9-18)23-24-20-15-16(3)14-17(4)21(20)29-23/h8-11,14-15H,6-7,12-13H2,1-5H3. The maximum absolute atomic E-state index is 13.4. The molecule has 0 fully saturated rings. The Morgan fingerprint density at radius 2 is 1.76 bits per heavy atom. The number of fused-ring (bicyclic) bond motifs is 1. The molecule has 1 amide bonds. The molecule has 0 saturated heterocycles. The van der Waals surface area contributed by atoms with Crippen LogP contribution in [0.15, 0.2) is 36.4 Å². The number of carbonyl (C=O) groups is 1. The van der Waals surface area contributed by atoms with Crippen LogP contribution in [0.4, 0.5) is 5.13 Å². The first-order chi connectivity index (χ1) is 14.0. The second-order valence-corrected chi connectivity index (χ2v) is 8.12. The number of amides is 1. The summed E-state index contributed by atoms with van der Waals surface area (Å²) in [7, 11) is 1.62. The summed E-state index contributed by atoms with van der Waals surface area (Å²) in [6.45, 7) is 11.8. The van der Waals surface area contributed by atoms with Gasteiger partial charge in [0.15, 0.2) is 5.13 Å². The van der Waals surface area contributed by atoms with Crippen molar-refractivity contribution in [1.29, 1.82) is 0 Å². The topological polar surface area (TPSA) is 45.7 Å². The van der Waals surface area contributed by atoms with E-state index in [-0.39, 0.29) is 5.91 Å². The van der Waals surface area contributed by atoms with Gasteiger partial charge in [0.05, 0.1) is 17.3 Å². The third-order valence-electron chi connectivity index (χ3n) is 5.16. The molecule has 3 aromatic rings. The third-order valence-corrected chi connectivity index (χ3v) is 6.39. The van der Waals surface area contributed by atoms with Crippen LogP contribution in [0.1, 0.15) is 35.3 Å². The van der Waals surface area contributed by atoms with Crippen LogP contribution >= 0.6 is 11.3 Å². The fraction of sp³-hybridized carbons (Fsp3) is 0.391. The van der Waals surface area contributed by atoms with Gasteiger partial charge in [0.2, 0.25) is 0 Å². The molecule has 1 heterocycles. The number of likely N-dealkylation sites (N-methyl/N-ethyl adjacent to an activating group) is 1. The van der Waals surface area contributed by atoms with E-state index in [4.69, 9.17) is 9.72 Å². The molecule has 5 nitrogen and oxygen atoms in total. The molecular weight excluding hydrogens is 382 g/mol. The van der Waals surface area contributed by atoms with Crippen LogP contribution < -0.4 is 9.64 Å². The van der Waals surface area contributed by atoms with Crippen LogP contribution in [0.3, 0.4) is 0 Å². The molecular formula is C23H29N3O2S. The summed E-state index contributed by atoms with van der Waals surface area (Å²) in [5, 5.41) is 0.752. The zero-order chi connectivity index (χ0) is 21.0. The third kappa shape index (κ3) is 4.77. The molecule has 0 saturated carbocycles. The molecule has 2 aromatic carbocycles. The molecule has 0 spiro atoms. The largest absolute Gasteiger partial charge is 0.497 e. The van der Waals surface area contributed by atoms with Gasteiger partial charge in [-0.15, -0.1) is 0 Å². The summed E-state index contributed by atoms with van der Waals surface area (Å²) in [6, 6.07) is 11.5. The van der Waals surface area contributed by atoms with Crippen LogP contribution in [0.5, 0.6) is 5.75 Å². The van der Waals surface area contributed by atoms with Gasteiger partial charge in [-0.2, -0.15) is 0 Å². The Labute approximate surface area is 176 Å². The minimum atomic E-state index is -0.0340. The van der Waals surface area contributed by atoms with Crippen LogP contribution in [-0.4, -0.2) is 49.1 Å². The van der Waals surface area contributed by atoms with Crippen molar-refractivity contribution >= 4 is 32.6 Å². The van der Waals surface area contributed by atoms with Gasteiger partial charge in [-0.05, 0) is 68.4 Å². The van der Waals surface area contributed by atoms with Crippen molar-refractivity contribution < 1.29 is 9.53 Å². The van der Waals surface area contributed by atoms with Gasteiger partial charge in [-0.3, -0.25) is 9.69 Å². The lowest BCUT2D eigenvalue weighted by Crippen LogP contribution is -2.38. The number of thiazole rings is 1. The number of methoxy groups -OCH3 is 1. The Bertz CT molecular complexity index is 978. The highest BCUT2D eigenvalue weighted by atomic mass is 32.1. The van der Waals surface area contributed by atoms with Crippen molar-refractivity contribution in [3.05, 3.63) is 53.1 Å². The first-order valence-corrected chi connectivity index (χ1v) is 10.8. The van der Waals surface area contributed by atoms with Crippen molar-refractivity contribution in [3.63, 3.8) is 0 Å². The SMILES string of the molecule is CCN(CC)CCN(C(=O)c1ccc(OC)cc1)c1nc2cc(C)cc(C)c2s1. The number of aromatic nitrogens is 1. The Morgan fingerprint density at radius 3 is 2.38 bits per heavy atom. The summed E-state index contributed by atoms with van der Waals surface area (Å²) < 4.78 is 6.36. The van der Waals surface area contributed by atoms with Crippen LogP contribution in [0.25, 0.3) is 10.2 Å². The van der Waals surface area contributed by atoms with Crippen molar-refractivity contribution in [2.75, 3.05) is 38.2 Å². The van der Waals surface area contributed by atoms with Crippen LogP contribution in [0, 0.1) is 13.8 Å². The second-order valence-electron chi connectivity index (χ2n) is 7.14. The number of benzene rings is 2. The number of ether oxygens (including phenoxy) is 1. The monoisotopic (exact) mass is 411 g/mol. The molecule has 0 N–H and O–H groups in total. The number of hydrogen-bond acceptors (Lipinski definition) is 5. The van der Waals surface area contributed by atoms with Gasteiger partial charge in [0.25, 0.3) is 5.91 Å². The van der Waals surface area contributed by atoms with E-state index in [1.807, 2.05) is 29.2 Å². The van der Waals surface area contributed by atoms with Gasteiger partial charge >= 0.3 is 0 Å². The first kappa shape index (κ1) is 21.3. The molecule has 0 radical (unpaired) electrons. The number of aryl methyl sites for hydroxylation is 2. The molecule has 0 aliphatic carbocycles. The van der Waals surface area contributed by atoms with Crippen molar-refractivity contribution in [3.8, 4) is 5.75 Å². The highest BCUT2D eigenvalue weighted by Gasteiger charge is 2.22. The maximum Gasteiger partial charge on any atom is 0.260 e. The van der Waals surface area contributed by atoms with E-state index in [0.717, 1.165) is 40.7 Å². The van der Waals surface area contributed by atoms with Gasteiger partial charge in [0.1, 0.15) is 5.75 Å². The molecule has 0 unspecified atom stereocenters. The summed E-state index contributed by atoms with van der Waals surface area (Å²) in [4.78, 5) is 22.4. The average molecular weight is 412 g/mol. The zero-order valence-electron chi connectivity index (χ0n) is 17.9. The predicted molar refractivity (Wildman–Crippen MR) is 122 cm³/mol. The zero-order valence-corrected chi connectivity index (χ0v) is 18.7. The fourth-order valence-corrected chi connectivity index (χ4v) is 4.48. The average Bonchev–Trinajstić information content (AvgIpc) is 3.15. The Balaban J connectivity index is 1.97. The molecule has 0 atom stereocenters. The number of anilines is 1. The normalized spacial score (nSPS) is 11.2. The number of rotatable bonds is 8. The predicted octanol–water partition coefficient (Wildman–Crippen LogP) is 4.91. The first-order valence-electron chi connectivity index (χ1n) is 10.0. The summed E-state index contributed by atoms with van der Waals surface area (Å²) in [6.07, 6.45) is 0. The molecule has 29 heavy (non-hydrogen) atoms. The molecule has 0 aliphatic heterocycles. The lowest BCUT2D eigenvalue weighted by Gasteiger charge is -2.24. The minimum Gasteiger partial charge on any atom is -0.497 e. The Kier molecular flexibility index (Phi) is 6.87. The second kappa shape index (κ2) is 9.37. The van der Waals surface area contributed by atoms with Gasteiger partial charge in [0, 0.05) is 18.7 Å². The molecule has 154 valence electrons. The summed E-state index contributed by atoms with van der Waals surface area (Å²) in [5.74, 6) is 0.704. The van der Waals surface area contributed by atoms with E-state index in [9.17, 15) is 4.79 Å². The highest BCUT2D eigenvalue weighted by molar-refractivity contribution is 7.22. The van der Waals surface area contributed by atoms with E-state index in [1.165, 1.54) is 11.1 Å². The quantitative estimate of drug-likeness (QED) is 0.528. The highest BCUT2D eigenvalue weighted by Crippen LogP contribution is 2.33. The lowest BCUT2D eigenvalue weighted by atomic mass is 10.1. The Hall–Kier alpha value is -2.44. The van der Waals surface area contributed by atoms with Crippen molar-refractivity contribution in [2.24, 2.45) is 0 Å². The van der Waals surface area contributed by atoms with E-state index in [0.29, 0.717) is 12.1 Å². The fourth-order valence-electron chi connectivity index (χ4n) is 3.44. The number of nitrogens with zero attached hydrogens (tertiary/aromatic N) is 3. The number of carbonyl (C=O) groups excluding carboxylic acids is 1. The van der Waals surface area contributed by atoms with E-state index in [1.54, 1.807) is 18.4 Å². The Morgan fingerprint density at radius 1 is 1.07 bits per heavy atom. The molecule has 0 aliphatic rings. The molecule has 0 bridgehead atoms. The van der Waals surface area contributed by atoms with Crippen molar-refractivity contribution in [1.82, 2.24) is 9.88 Å². The minimum absolute atomic E-state index is 0.0340. The molecule has 3 rings (SSSR count). The summed E-state index contributed by atoms with van der Waals surface area (Å²) in [5.41, 5.74) is 3.97. The van der Waals surface area contributed by atoms with Gasteiger partial charge in [-0.1, -0.05) is 31.3 Å². The smallest absolute Gasteiger partial charge is 0.260 e. The number of hydrogen-bond donors (Lipinski definition) is 0. The molecule has 1 aromatic heterocycles. The van der Waals surface area contributed by atoms with E-state index < -0.39 is 0 Å². The van der Waals surface area contributed by atoms with Crippen molar-refractivity contribution in [2.45, 2.75) is 27.7 Å². The van der Waals surface area contributed by atoms with Crippen LogP contribution in [-0.2, 0) is 0 Å². The van der Waals surface area contributed by atoms with Crippen LogP contribution in [0.2, 0.25) is 0 Å². The molecule has 6 heteroatoms.